The fraction of sp³-hybridized carbons (Fsp3) is 0.650. The van der Waals surface area contributed by atoms with Crippen LogP contribution in [-0.2, 0) is 10.2 Å². The molecule has 0 spiro atoms. The van der Waals surface area contributed by atoms with Crippen molar-refractivity contribution in [2.24, 2.45) is 10.9 Å². The zero-order valence-corrected chi connectivity index (χ0v) is 17.1. The van der Waals surface area contributed by atoms with Crippen molar-refractivity contribution in [1.29, 1.82) is 0 Å². The molecule has 6 heteroatoms. The van der Waals surface area contributed by atoms with Gasteiger partial charge in [0.05, 0.1) is 19.3 Å². The van der Waals surface area contributed by atoms with E-state index >= 15 is 0 Å². The predicted octanol–water partition coefficient (Wildman–Crippen LogP) is 2.82. The van der Waals surface area contributed by atoms with Crippen molar-refractivity contribution >= 4 is 21.9 Å². The first kappa shape index (κ1) is 19.6. The number of aliphatic hydroxyl groups excluding tert-OH is 1. The molecule has 1 atom stereocenters. The highest BCUT2D eigenvalue weighted by Crippen LogP contribution is 2.50. The highest BCUT2D eigenvalue weighted by Gasteiger charge is 2.45. The van der Waals surface area contributed by atoms with Crippen LogP contribution in [0.15, 0.2) is 33.7 Å². The second-order valence-electron chi connectivity index (χ2n) is 7.47. The van der Waals surface area contributed by atoms with Gasteiger partial charge in [0.15, 0.2) is 5.96 Å². The number of hydrogen-bond donors (Lipinski definition) is 3. The van der Waals surface area contributed by atoms with Crippen molar-refractivity contribution in [2.45, 2.75) is 44.1 Å². The smallest absolute Gasteiger partial charge is 0.191 e. The van der Waals surface area contributed by atoms with Gasteiger partial charge in [-0.15, -0.1) is 0 Å². The fourth-order valence-corrected chi connectivity index (χ4v) is 3.76. The largest absolute Gasteiger partial charge is 0.389 e. The lowest BCUT2D eigenvalue weighted by Crippen LogP contribution is -2.42. The van der Waals surface area contributed by atoms with E-state index in [2.05, 4.69) is 44.8 Å². The Balaban J connectivity index is 1.49. The molecule has 0 aromatic heterocycles. The van der Waals surface area contributed by atoms with Crippen LogP contribution in [0.1, 0.15) is 38.2 Å². The van der Waals surface area contributed by atoms with Crippen LogP contribution in [0.5, 0.6) is 0 Å². The second-order valence-corrected chi connectivity index (χ2v) is 8.33. The standard InChI is InChI=1S/C20H30BrN3O2/c1-2-22-19(23-11-16(25)13-26-12-15-7-8-15)24-14-20(9-10-20)17-5-3-4-6-18(17)21/h3-6,15-16,25H,2,7-14H2,1H3,(H2,22,23,24). The monoisotopic (exact) mass is 423 g/mol. The van der Waals surface area contributed by atoms with Crippen molar-refractivity contribution in [3.63, 3.8) is 0 Å². The van der Waals surface area contributed by atoms with Gasteiger partial charge in [0.1, 0.15) is 0 Å². The lowest BCUT2D eigenvalue weighted by atomic mass is 9.96. The maximum absolute atomic E-state index is 10.1. The number of halogens is 1. The van der Waals surface area contributed by atoms with Crippen molar-refractivity contribution in [3.8, 4) is 0 Å². The van der Waals surface area contributed by atoms with Crippen molar-refractivity contribution in [1.82, 2.24) is 10.6 Å². The minimum atomic E-state index is -0.518. The Labute approximate surface area is 164 Å². The third kappa shape index (κ3) is 5.69. The molecule has 2 aliphatic carbocycles. The van der Waals surface area contributed by atoms with Crippen LogP contribution in [0.4, 0.5) is 0 Å². The van der Waals surface area contributed by atoms with E-state index in [0.717, 1.165) is 48.9 Å². The molecule has 144 valence electrons. The Hall–Kier alpha value is -1.11. The highest BCUT2D eigenvalue weighted by atomic mass is 79.9. The Morgan fingerprint density at radius 1 is 1.35 bits per heavy atom. The van der Waals surface area contributed by atoms with Crippen LogP contribution < -0.4 is 10.6 Å². The third-order valence-corrected chi connectivity index (χ3v) is 5.74. The summed E-state index contributed by atoms with van der Waals surface area (Å²) < 4.78 is 6.71. The summed E-state index contributed by atoms with van der Waals surface area (Å²) in [5.74, 6) is 1.48. The minimum absolute atomic E-state index is 0.147. The van der Waals surface area contributed by atoms with Crippen LogP contribution in [0.2, 0.25) is 0 Å². The first-order valence-corrected chi connectivity index (χ1v) is 10.5. The van der Waals surface area contributed by atoms with Gasteiger partial charge in [0.2, 0.25) is 0 Å². The van der Waals surface area contributed by atoms with Gasteiger partial charge in [-0.1, -0.05) is 34.1 Å². The van der Waals surface area contributed by atoms with E-state index in [1.165, 1.54) is 18.4 Å². The summed E-state index contributed by atoms with van der Waals surface area (Å²) in [5.41, 5.74) is 1.49. The molecule has 0 saturated heterocycles. The number of aliphatic imine (C=N–C) groups is 1. The Morgan fingerprint density at radius 2 is 2.12 bits per heavy atom. The lowest BCUT2D eigenvalue weighted by molar-refractivity contribution is 0.0345. The topological polar surface area (TPSA) is 65.9 Å². The number of rotatable bonds is 10. The predicted molar refractivity (Wildman–Crippen MR) is 109 cm³/mol. The van der Waals surface area contributed by atoms with E-state index in [1.807, 2.05) is 13.0 Å². The molecule has 3 N–H and O–H groups in total. The summed E-state index contributed by atoms with van der Waals surface area (Å²) in [6, 6.07) is 8.42. The molecule has 1 unspecified atom stereocenters. The third-order valence-electron chi connectivity index (χ3n) is 5.05. The van der Waals surface area contributed by atoms with E-state index in [1.54, 1.807) is 0 Å². The minimum Gasteiger partial charge on any atom is -0.389 e. The fourth-order valence-electron chi connectivity index (χ4n) is 3.06. The van der Waals surface area contributed by atoms with Gasteiger partial charge < -0.3 is 20.5 Å². The van der Waals surface area contributed by atoms with E-state index in [4.69, 9.17) is 9.73 Å². The van der Waals surface area contributed by atoms with Gasteiger partial charge in [-0.25, -0.2) is 0 Å². The SMILES string of the molecule is CCNC(=NCC1(c2ccccc2Br)CC1)NCC(O)COCC1CC1. The Kier molecular flexibility index (Phi) is 6.95. The highest BCUT2D eigenvalue weighted by molar-refractivity contribution is 9.10. The Morgan fingerprint density at radius 3 is 2.77 bits per heavy atom. The number of nitrogens with zero attached hydrogens (tertiary/aromatic N) is 1. The number of nitrogens with one attached hydrogen (secondary N) is 2. The van der Waals surface area contributed by atoms with Crippen LogP contribution in [0.25, 0.3) is 0 Å². The van der Waals surface area contributed by atoms with Crippen molar-refractivity contribution in [2.75, 3.05) is 32.8 Å². The normalized spacial score (nSPS) is 19.9. The summed E-state index contributed by atoms with van der Waals surface area (Å²) in [6.45, 7) is 5.19. The summed E-state index contributed by atoms with van der Waals surface area (Å²) >= 11 is 3.67. The molecular weight excluding hydrogens is 394 g/mol. The Bertz CT molecular complexity index is 615. The number of aliphatic hydroxyl groups is 1. The van der Waals surface area contributed by atoms with Gasteiger partial charge in [-0.3, -0.25) is 4.99 Å². The molecule has 5 nitrogen and oxygen atoms in total. The molecule has 1 aromatic rings. The zero-order chi connectivity index (χ0) is 18.4. The van der Waals surface area contributed by atoms with Gasteiger partial charge in [-0.05, 0) is 50.2 Å². The summed E-state index contributed by atoms with van der Waals surface area (Å²) in [7, 11) is 0. The van der Waals surface area contributed by atoms with E-state index in [9.17, 15) is 5.11 Å². The molecule has 1 aromatic carbocycles. The first-order chi connectivity index (χ1) is 12.6. The quantitative estimate of drug-likeness (QED) is 0.399. The van der Waals surface area contributed by atoms with E-state index < -0.39 is 6.10 Å². The maximum Gasteiger partial charge on any atom is 0.191 e. The number of guanidine groups is 1. The molecule has 2 fully saturated rings. The number of benzene rings is 1. The van der Waals surface area contributed by atoms with Gasteiger partial charge in [-0.2, -0.15) is 0 Å². The van der Waals surface area contributed by atoms with Gasteiger partial charge in [0.25, 0.3) is 0 Å². The molecule has 2 aliphatic rings. The maximum atomic E-state index is 10.1. The van der Waals surface area contributed by atoms with Gasteiger partial charge >= 0.3 is 0 Å². The van der Waals surface area contributed by atoms with Crippen LogP contribution in [-0.4, -0.2) is 50.0 Å². The zero-order valence-electron chi connectivity index (χ0n) is 15.5. The molecule has 0 aliphatic heterocycles. The summed E-state index contributed by atoms with van der Waals surface area (Å²) in [6.07, 6.45) is 4.35. The van der Waals surface area contributed by atoms with E-state index in [0.29, 0.717) is 13.2 Å². The van der Waals surface area contributed by atoms with Crippen LogP contribution >= 0.6 is 15.9 Å². The number of ether oxygens (including phenoxy) is 1. The van der Waals surface area contributed by atoms with Crippen LogP contribution in [0, 0.1) is 5.92 Å². The van der Waals surface area contributed by atoms with Gasteiger partial charge in [0, 0.05) is 29.6 Å². The average Bonchev–Trinajstić information content (AvgIpc) is 3.54. The average molecular weight is 424 g/mol. The van der Waals surface area contributed by atoms with E-state index in [-0.39, 0.29) is 5.41 Å². The molecule has 0 bridgehead atoms. The second kappa shape index (κ2) is 9.20. The first-order valence-electron chi connectivity index (χ1n) is 9.66. The number of hydrogen-bond acceptors (Lipinski definition) is 3. The molecule has 0 heterocycles. The molecular formula is C20H30BrN3O2. The summed E-state index contributed by atoms with van der Waals surface area (Å²) in [4.78, 5) is 4.78. The molecule has 0 amide bonds. The molecule has 0 radical (unpaired) electrons. The van der Waals surface area contributed by atoms with Crippen molar-refractivity contribution in [3.05, 3.63) is 34.3 Å². The molecule has 26 heavy (non-hydrogen) atoms. The lowest BCUT2D eigenvalue weighted by Gasteiger charge is -2.18. The van der Waals surface area contributed by atoms with Crippen LogP contribution in [0.3, 0.4) is 0 Å². The summed E-state index contributed by atoms with van der Waals surface area (Å²) in [5, 5.41) is 16.6. The molecule has 3 rings (SSSR count). The van der Waals surface area contributed by atoms with Crippen molar-refractivity contribution < 1.29 is 9.84 Å². The molecule has 2 saturated carbocycles.